The van der Waals surface area contributed by atoms with Crippen molar-refractivity contribution in [2.45, 2.75) is 116 Å². The van der Waals surface area contributed by atoms with Crippen molar-refractivity contribution in [2.75, 3.05) is 26.8 Å². The van der Waals surface area contributed by atoms with Crippen LogP contribution in [0.25, 0.3) is 10.4 Å². The Kier molecular flexibility index (Phi) is 14.7. The number of aromatic nitrogens is 1. The lowest BCUT2D eigenvalue weighted by Gasteiger charge is -2.35. The Balaban J connectivity index is 1.02. The predicted octanol–water partition coefficient (Wildman–Crippen LogP) is 5.65. The van der Waals surface area contributed by atoms with Gasteiger partial charge in [0.2, 0.25) is 23.6 Å². The number of thiazole rings is 1. The van der Waals surface area contributed by atoms with Crippen molar-refractivity contribution >= 4 is 35.0 Å². The van der Waals surface area contributed by atoms with Crippen LogP contribution in [0.5, 0.6) is 11.5 Å². The molecule has 3 heterocycles. The van der Waals surface area contributed by atoms with E-state index >= 15 is 0 Å². The summed E-state index contributed by atoms with van der Waals surface area (Å²) in [4.78, 5) is 58.9. The molecular formula is C42H57N5O7S. The van der Waals surface area contributed by atoms with Crippen molar-refractivity contribution in [1.29, 1.82) is 0 Å². The first kappa shape index (κ1) is 41.7. The van der Waals surface area contributed by atoms with E-state index in [9.17, 15) is 24.3 Å². The van der Waals surface area contributed by atoms with E-state index in [1.807, 2.05) is 75.7 Å². The maximum Gasteiger partial charge on any atom is 0.246 e. The molecule has 0 bridgehead atoms. The van der Waals surface area contributed by atoms with Crippen LogP contribution in [-0.4, -0.2) is 83.6 Å². The number of nitrogens with zero attached hydrogens (tertiary/aromatic N) is 2. The van der Waals surface area contributed by atoms with Crippen molar-refractivity contribution in [3.8, 4) is 21.9 Å². The molecule has 4 atom stereocenters. The Morgan fingerprint density at radius 3 is 2.42 bits per heavy atom. The molecule has 298 valence electrons. The summed E-state index contributed by atoms with van der Waals surface area (Å²) in [5.74, 6) is 0.690. The lowest BCUT2D eigenvalue weighted by atomic mass is 9.85. The number of likely N-dealkylation sites (tertiary alicyclic amines) is 1. The minimum Gasteiger partial charge on any atom is -0.493 e. The molecule has 2 aromatic carbocycles. The monoisotopic (exact) mass is 775 g/mol. The molecule has 0 saturated carbocycles. The molecule has 0 radical (unpaired) electrons. The number of rotatable bonds is 18. The van der Waals surface area contributed by atoms with Gasteiger partial charge in [-0.3, -0.25) is 19.2 Å². The number of aliphatic hydroxyl groups is 1. The molecule has 55 heavy (non-hydrogen) atoms. The van der Waals surface area contributed by atoms with E-state index in [1.165, 1.54) is 4.90 Å². The van der Waals surface area contributed by atoms with Gasteiger partial charge < -0.3 is 35.4 Å². The van der Waals surface area contributed by atoms with Gasteiger partial charge in [-0.1, -0.05) is 76.8 Å². The Bertz CT molecular complexity index is 1770. The molecule has 2 unspecified atom stereocenters. The van der Waals surface area contributed by atoms with Gasteiger partial charge in [0.15, 0.2) is 11.5 Å². The summed E-state index contributed by atoms with van der Waals surface area (Å²) >= 11 is 1.58. The van der Waals surface area contributed by atoms with Crippen molar-refractivity contribution < 1.29 is 33.8 Å². The minimum atomic E-state index is -0.847. The smallest absolute Gasteiger partial charge is 0.246 e. The fraction of sp³-hybridized carbons (Fsp3) is 0.548. The van der Waals surface area contributed by atoms with Crippen LogP contribution in [0.4, 0.5) is 0 Å². The largest absolute Gasteiger partial charge is 0.493 e. The zero-order valence-electron chi connectivity index (χ0n) is 32.8. The highest BCUT2D eigenvalue weighted by molar-refractivity contribution is 7.13. The first-order valence-electron chi connectivity index (χ1n) is 19.5. The lowest BCUT2D eigenvalue weighted by molar-refractivity contribution is -0.144. The number of nitrogens with one attached hydrogen (secondary N) is 3. The van der Waals surface area contributed by atoms with Gasteiger partial charge in [0.1, 0.15) is 12.1 Å². The van der Waals surface area contributed by atoms with Crippen LogP contribution >= 0.6 is 11.3 Å². The zero-order valence-corrected chi connectivity index (χ0v) is 33.6. The third-order valence-corrected chi connectivity index (χ3v) is 11.4. The average molecular weight is 776 g/mol. The van der Waals surface area contributed by atoms with Crippen LogP contribution in [-0.2, 0) is 25.7 Å². The Morgan fingerprint density at radius 2 is 1.76 bits per heavy atom. The van der Waals surface area contributed by atoms with Gasteiger partial charge in [0.25, 0.3) is 0 Å². The number of unbranched alkanes of at least 4 members (excludes halogenated alkanes) is 5. The number of β-amino-alcohol motifs (C(OH)–C–C–N with tert-alkyl or cyclic N) is 1. The molecule has 4 amide bonds. The fourth-order valence-corrected chi connectivity index (χ4v) is 8.00. The maximum absolute atomic E-state index is 13.9. The molecule has 2 fully saturated rings. The molecule has 5 rings (SSSR count). The van der Waals surface area contributed by atoms with Crippen molar-refractivity contribution in [3.05, 3.63) is 64.8 Å². The number of aliphatic hydroxyl groups excluding tert-OH is 1. The number of ether oxygens (including phenoxy) is 2. The topological polar surface area (TPSA) is 159 Å². The van der Waals surface area contributed by atoms with Crippen LogP contribution in [0.3, 0.4) is 0 Å². The van der Waals surface area contributed by atoms with Gasteiger partial charge in [0.05, 0.1) is 35.9 Å². The fourth-order valence-electron chi connectivity index (χ4n) is 7.19. The number of aryl methyl sites for hydroxylation is 1. The predicted molar refractivity (Wildman–Crippen MR) is 213 cm³/mol. The number of amides is 4. The second-order valence-corrected chi connectivity index (χ2v) is 16.6. The molecule has 1 aromatic heterocycles. The molecule has 2 saturated heterocycles. The van der Waals surface area contributed by atoms with Crippen molar-refractivity contribution in [3.63, 3.8) is 0 Å². The summed E-state index contributed by atoms with van der Waals surface area (Å²) in [6.07, 6.45) is 5.56. The SMILES string of the molecule is COc1ccc(C2CNC(=O)C2)cc1OCCCCCCCCC(=O)NC(C(=O)N1C[C@H](O)C[C@H]1C(=O)NCc1ccc(-c2scnc2C)cc1)C(C)(C)C. The van der Waals surface area contributed by atoms with Gasteiger partial charge in [0, 0.05) is 44.8 Å². The van der Waals surface area contributed by atoms with E-state index in [-0.39, 0.29) is 49.1 Å². The third kappa shape index (κ3) is 11.5. The summed E-state index contributed by atoms with van der Waals surface area (Å²) < 4.78 is 11.5. The minimum absolute atomic E-state index is 0.0353. The molecule has 2 aliphatic rings. The first-order chi connectivity index (χ1) is 26.3. The Morgan fingerprint density at radius 1 is 1.04 bits per heavy atom. The number of hydrogen-bond acceptors (Lipinski definition) is 9. The highest BCUT2D eigenvalue weighted by atomic mass is 32.1. The van der Waals surface area contributed by atoms with Gasteiger partial charge in [-0.15, -0.1) is 11.3 Å². The highest BCUT2D eigenvalue weighted by Crippen LogP contribution is 2.34. The van der Waals surface area contributed by atoms with Crippen LogP contribution < -0.4 is 25.4 Å². The average Bonchev–Trinajstić information content (AvgIpc) is 3.91. The molecule has 13 heteroatoms. The van der Waals surface area contributed by atoms with E-state index in [1.54, 1.807) is 18.4 Å². The third-order valence-electron chi connectivity index (χ3n) is 10.4. The molecule has 0 spiro atoms. The number of carbonyl (C=O) groups is 4. The standard InChI is InChI=1S/C42H57N5O7S/c1-27-38(55-26-45-27)29-15-13-28(14-16-29)23-44-40(51)33-22-32(48)25-47(33)41(52)39(42(2,3)4)46-36(49)12-10-8-6-7-9-11-19-54-35-20-30(17-18-34(35)53-5)31-21-37(50)43-24-31/h13-18,20,26,31-33,39,48H,6-12,19,21-25H2,1-5H3,(H,43,50)(H,44,51)(H,46,49)/t31?,32-,33+,39?/m1/s1. The maximum atomic E-state index is 13.9. The summed E-state index contributed by atoms with van der Waals surface area (Å²) in [5.41, 5.74) is 5.24. The van der Waals surface area contributed by atoms with Crippen LogP contribution in [0.2, 0.25) is 0 Å². The number of methoxy groups -OCH3 is 1. The van der Waals surface area contributed by atoms with Crippen molar-refractivity contribution in [2.24, 2.45) is 5.41 Å². The second kappa shape index (κ2) is 19.4. The first-order valence-corrected chi connectivity index (χ1v) is 20.3. The van der Waals surface area contributed by atoms with Gasteiger partial charge >= 0.3 is 0 Å². The van der Waals surface area contributed by atoms with E-state index in [0.717, 1.165) is 59.4 Å². The molecular weight excluding hydrogens is 719 g/mol. The molecule has 2 aliphatic heterocycles. The Hall–Kier alpha value is -4.49. The van der Waals surface area contributed by atoms with Crippen LogP contribution in [0.15, 0.2) is 48.0 Å². The van der Waals surface area contributed by atoms with E-state index in [0.29, 0.717) is 43.9 Å². The number of carbonyl (C=O) groups excluding carboxylic acids is 4. The summed E-state index contributed by atoms with van der Waals surface area (Å²) in [7, 11) is 1.62. The molecule has 12 nitrogen and oxygen atoms in total. The molecule has 4 N–H and O–H groups in total. The zero-order chi connectivity index (χ0) is 39.5. The quantitative estimate of drug-likeness (QED) is 0.121. The van der Waals surface area contributed by atoms with Crippen molar-refractivity contribution in [1.82, 2.24) is 25.8 Å². The number of hydrogen-bond donors (Lipinski definition) is 4. The van der Waals surface area contributed by atoms with E-state index in [4.69, 9.17) is 9.47 Å². The summed E-state index contributed by atoms with van der Waals surface area (Å²) in [6.45, 7) is 9.16. The molecule has 0 aliphatic carbocycles. The van der Waals surface area contributed by atoms with Crippen LogP contribution in [0, 0.1) is 12.3 Å². The summed E-state index contributed by atoms with van der Waals surface area (Å²) in [6, 6.07) is 12.1. The highest BCUT2D eigenvalue weighted by Gasteiger charge is 2.44. The van der Waals surface area contributed by atoms with E-state index in [2.05, 4.69) is 20.9 Å². The molecule has 3 aromatic rings. The van der Waals surface area contributed by atoms with Gasteiger partial charge in [-0.05, 0) is 54.0 Å². The lowest BCUT2D eigenvalue weighted by Crippen LogP contribution is -2.57. The normalized spacial score (nSPS) is 18.8. The van der Waals surface area contributed by atoms with Gasteiger partial charge in [-0.2, -0.15) is 0 Å². The van der Waals surface area contributed by atoms with E-state index < -0.39 is 23.6 Å². The second-order valence-electron chi connectivity index (χ2n) is 15.8. The Labute approximate surface area is 328 Å². The van der Waals surface area contributed by atoms with Crippen LogP contribution in [0.1, 0.15) is 101 Å². The number of benzene rings is 2. The summed E-state index contributed by atoms with van der Waals surface area (Å²) in [5, 5.41) is 19.3. The van der Waals surface area contributed by atoms with Gasteiger partial charge in [-0.25, -0.2) is 4.98 Å².